The second-order valence-electron chi connectivity index (χ2n) is 7.26. The van der Waals surface area contributed by atoms with E-state index in [4.69, 9.17) is 16.6 Å². The van der Waals surface area contributed by atoms with Gasteiger partial charge < -0.3 is 0 Å². The molecule has 1 aromatic heterocycles. The van der Waals surface area contributed by atoms with Crippen molar-refractivity contribution < 1.29 is 8.42 Å². The molecule has 0 saturated heterocycles. The van der Waals surface area contributed by atoms with Crippen molar-refractivity contribution in [3.05, 3.63) is 98.5 Å². The zero-order valence-electron chi connectivity index (χ0n) is 17.2. The third-order valence-electron chi connectivity index (χ3n) is 5.30. The molecule has 0 amide bonds. The minimum Gasteiger partial charge on any atom is -0.268 e. The topological polar surface area (TPSA) is 72.3 Å². The van der Waals surface area contributed by atoms with Crippen molar-refractivity contribution in [1.29, 1.82) is 0 Å². The highest BCUT2D eigenvalue weighted by Crippen LogP contribution is 2.27. The SMILES string of the molecule is CC(c1nc2ccccc2c(=O)n1-c1ccc(Br)cc1)N(C)S(=O)(=O)c1ccc(Cl)cc1. The highest BCUT2D eigenvalue weighted by Gasteiger charge is 2.30. The minimum absolute atomic E-state index is 0.106. The Morgan fingerprint density at radius 2 is 1.62 bits per heavy atom. The quantitative estimate of drug-likeness (QED) is 0.355. The van der Waals surface area contributed by atoms with E-state index >= 15 is 0 Å². The number of fused-ring (bicyclic) bond motifs is 1. The van der Waals surface area contributed by atoms with Crippen LogP contribution < -0.4 is 5.56 Å². The van der Waals surface area contributed by atoms with Gasteiger partial charge in [0.2, 0.25) is 10.0 Å². The average molecular weight is 533 g/mol. The van der Waals surface area contributed by atoms with E-state index in [9.17, 15) is 13.2 Å². The summed E-state index contributed by atoms with van der Waals surface area (Å²) in [5, 5.41) is 0.898. The van der Waals surface area contributed by atoms with Crippen molar-refractivity contribution in [2.45, 2.75) is 17.9 Å². The van der Waals surface area contributed by atoms with E-state index in [1.807, 2.05) is 12.1 Å². The third-order valence-corrected chi connectivity index (χ3v) is 8.02. The fourth-order valence-electron chi connectivity index (χ4n) is 3.41. The molecular formula is C23H19BrClN3O3S. The fraction of sp³-hybridized carbons (Fsp3) is 0.130. The van der Waals surface area contributed by atoms with E-state index in [1.54, 1.807) is 43.3 Å². The smallest absolute Gasteiger partial charge is 0.266 e. The molecule has 0 fully saturated rings. The number of halogens is 2. The van der Waals surface area contributed by atoms with E-state index in [0.29, 0.717) is 27.4 Å². The monoisotopic (exact) mass is 531 g/mol. The molecule has 1 unspecified atom stereocenters. The lowest BCUT2D eigenvalue weighted by Crippen LogP contribution is -2.34. The minimum atomic E-state index is -3.86. The van der Waals surface area contributed by atoms with Crippen LogP contribution in [0.1, 0.15) is 18.8 Å². The van der Waals surface area contributed by atoms with E-state index < -0.39 is 16.1 Å². The Kier molecular flexibility index (Phi) is 6.22. The predicted octanol–water partition coefficient (Wildman–Crippen LogP) is 5.18. The summed E-state index contributed by atoms with van der Waals surface area (Å²) in [6.45, 7) is 1.71. The molecule has 0 N–H and O–H groups in total. The van der Waals surface area contributed by atoms with Crippen LogP contribution in [0.4, 0.5) is 0 Å². The molecule has 4 rings (SSSR count). The number of rotatable bonds is 5. The van der Waals surface area contributed by atoms with Crippen LogP contribution in [0, 0.1) is 0 Å². The average Bonchev–Trinajstić information content (AvgIpc) is 2.79. The number of nitrogens with zero attached hydrogens (tertiary/aromatic N) is 3. The lowest BCUT2D eigenvalue weighted by molar-refractivity contribution is 0.379. The van der Waals surface area contributed by atoms with Crippen LogP contribution in [0.5, 0.6) is 0 Å². The van der Waals surface area contributed by atoms with Gasteiger partial charge in [0.15, 0.2) is 0 Å². The molecular weight excluding hydrogens is 514 g/mol. The van der Waals surface area contributed by atoms with E-state index in [1.165, 1.54) is 40.2 Å². The maximum absolute atomic E-state index is 13.4. The Hall–Kier alpha value is -2.52. The van der Waals surface area contributed by atoms with Gasteiger partial charge in [-0.05, 0) is 67.6 Å². The Morgan fingerprint density at radius 1 is 1.00 bits per heavy atom. The predicted molar refractivity (Wildman–Crippen MR) is 130 cm³/mol. The first-order chi connectivity index (χ1) is 15.2. The highest BCUT2D eigenvalue weighted by atomic mass is 79.9. The van der Waals surface area contributed by atoms with Crippen molar-refractivity contribution in [2.24, 2.45) is 0 Å². The maximum Gasteiger partial charge on any atom is 0.266 e. The second kappa shape index (κ2) is 8.78. The van der Waals surface area contributed by atoms with Gasteiger partial charge in [0, 0.05) is 16.5 Å². The Balaban J connectivity index is 1.90. The molecule has 0 aliphatic heterocycles. The summed E-state index contributed by atoms with van der Waals surface area (Å²) in [5.74, 6) is 0.316. The first-order valence-electron chi connectivity index (χ1n) is 9.71. The van der Waals surface area contributed by atoms with Crippen molar-refractivity contribution in [2.75, 3.05) is 7.05 Å². The van der Waals surface area contributed by atoms with Crippen LogP contribution in [0.3, 0.4) is 0 Å². The molecule has 0 radical (unpaired) electrons. The van der Waals surface area contributed by atoms with E-state index in [-0.39, 0.29) is 10.5 Å². The van der Waals surface area contributed by atoms with Gasteiger partial charge in [0.05, 0.1) is 27.5 Å². The van der Waals surface area contributed by atoms with Gasteiger partial charge in [-0.25, -0.2) is 13.4 Å². The molecule has 1 atom stereocenters. The molecule has 32 heavy (non-hydrogen) atoms. The molecule has 6 nitrogen and oxygen atoms in total. The number of aromatic nitrogens is 2. The Labute approximate surface area is 199 Å². The standard InChI is InChI=1S/C23H19BrClN3O3S/c1-15(27(2)32(30,31)19-13-9-17(25)10-14-19)22-26-21-6-4-3-5-20(21)23(29)28(22)18-11-7-16(24)8-12-18/h3-15H,1-2H3. The molecule has 0 aliphatic carbocycles. The summed E-state index contributed by atoms with van der Waals surface area (Å²) in [5.41, 5.74) is 0.831. The summed E-state index contributed by atoms with van der Waals surface area (Å²) < 4.78 is 30.1. The van der Waals surface area contributed by atoms with Crippen LogP contribution in [0.15, 0.2) is 87.0 Å². The zero-order chi connectivity index (χ0) is 23.0. The molecule has 0 saturated carbocycles. The van der Waals surface area contributed by atoms with Crippen LogP contribution >= 0.6 is 27.5 Å². The largest absolute Gasteiger partial charge is 0.268 e. The van der Waals surface area contributed by atoms with Crippen LogP contribution in [0.25, 0.3) is 16.6 Å². The van der Waals surface area contributed by atoms with Gasteiger partial charge in [-0.2, -0.15) is 4.31 Å². The van der Waals surface area contributed by atoms with Gasteiger partial charge in [-0.15, -0.1) is 0 Å². The molecule has 1 heterocycles. The Morgan fingerprint density at radius 3 is 2.28 bits per heavy atom. The molecule has 9 heteroatoms. The normalized spacial score (nSPS) is 12.9. The van der Waals surface area contributed by atoms with Crippen molar-refractivity contribution in [3.8, 4) is 5.69 Å². The van der Waals surface area contributed by atoms with Crippen LogP contribution in [0.2, 0.25) is 5.02 Å². The number of hydrogen-bond donors (Lipinski definition) is 0. The Bertz CT molecular complexity index is 1450. The number of benzene rings is 3. The van der Waals surface area contributed by atoms with Crippen molar-refractivity contribution >= 4 is 48.5 Å². The maximum atomic E-state index is 13.4. The zero-order valence-corrected chi connectivity index (χ0v) is 20.4. The summed E-state index contributed by atoms with van der Waals surface area (Å²) in [6, 6.07) is 19.5. The summed E-state index contributed by atoms with van der Waals surface area (Å²) >= 11 is 9.32. The highest BCUT2D eigenvalue weighted by molar-refractivity contribution is 9.10. The lowest BCUT2D eigenvalue weighted by Gasteiger charge is -2.26. The van der Waals surface area contributed by atoms with Crippen LogP contribution in [-0.2, 0) is 10.0 Å². The second-order valence-corrected chi connectivity index (χ2v) is 10.6. The molecule has 4 aromatic rings. The lowest BCUT2D eigenvalue weighted by atomic mass is 10.2. The molecule has 164 valence electrons. The fourth-order valence-corrected chi connectivity index (χ4v) is 5.13. The number of sulfonamides is 1. The van der Waals surface area contributed by atoms with E-state index in [2.05, 4.69) is 15.9 Å². The molecule has 3 aromatic carbocycles. The van der Waals surface area contributed by atoms with E-state index in [0.717, 1.165) is 4.47 Å². The summed E-state index contributed by atoms with van der Waals surface area (Å²) in [4.78, 5) is 18.3. The first-order valence-corrected chi connectivity index (χ1v) is 12.3. The van der Waals surface area contributed by atoms with Gasteiger partial charge in [-0.3, -0.25) is 9.36 Å². The van der Waals surface area contributed by atoms with Crippen LogP contribution in [-0.4, -0.2) is 29.3 Å². The summed E-state index contributed by atoms with van der Waals surface area (Å²) in [6.07, 6.45) is 0. The third kappa shape index (κ3) is 4.11. The van der Waals surface area contributed by atoms with Gasteiger partial charge in [0.1, 0.15) is 5.82 Å². The first kappa shape index (κ1) is 22.7. The molecule has 0 spiro atoms. The van der Waals surface area contributed by atoms with Gasteiger partial charge >= 0.3 is 0 Å². The van der Waals surface area contributed by atoms with Crippen molar-refractivity contribution in [1.82, 2.24) is 13.9 Å². The number of hydrogen-bond acceptors (Lipinski definition) is 4. The number of para-hydroxylation sites is 1. The van der Waals surface area contributed by atoms with Gasteiger partial charge in [-0.1, -0.05) is 39.7 Å². The van der Waals surface area contributed by atoms with Crippen molar-refractivity contribution in [3.63, 3.8) is 0 Å². The molecule has 0 bridgehead atoms. The molecule has 0 aliphatic rings. The summed E-state index contributed by atoms with van der Waals surface area (Å²) in [7, 11) is -2.39. The van der Waals surface area contributed by atoms with Gasteiger partial charge in [0.25, 0.3) is 5.56 Å².